The predicted octanol–water partition coefficient (Wildman–Crippen LogP) is 2.05. The number of ether oxygens (including phenoxy) is 1. The second-order valence-corrected chi connectivity index (χ2v) is 2.78. The van der Waals surface area contributed by atoms with Gasteiger partial charge in [0, 0.05) is 18.9 Å². The molecule has 0 N–H and O–H groups in total. The van der Waals surface area contributed by atoms with Gasteiger partial charge in [-0.05, 0) is 6.42 Å². The van der Waals surface area contributed by atoms with Gasteiger partial charge in [0.1, 0.15) is 6.10 Å². The van der Waals surface area contributed by atoms with E-state index in [2.05, 4.69) is 0 Å². The second-order valence-electron chi connectivity index (χ2n) is 2.78. The summed E-state index contributed by atoms with van der Waals surface area (Å²) in [5, 5.41) is 0. The SMILES string of the molecule is CCC1=CC(=O)CC(CC)O1. The third-order valence-corrected chi connectivity index (χ3v) is 1.87. The maximum Gasteiger partial charge on any atom is 0.162 e. The van der Waals surface area contributed by atoms with Gasteiger partial charge in [-0.15, -0.1) is 0 Å². The van der Waals surface area contributed by atoms with Crippen LogP contribution < -0.4 is 0 Å². The Bertz CT molecular complexity index is 182. The lowest BCUT2D eigenvalue weighted by Gasteiger charge is -2.21. The average Bonchev–Trinajstić information content (AvgIpc) is 2.03. The van der Waals surface area contributed by atoms with E-state index in [1.54, 1.807) is 6.08 Å². The van der Waals surface area contributed by atoms with E-state index in [1.807, 2.05) is 13.8 Å². The molecule has 1 unspecified atom stereocenters. The predicted molar refractivity (Wildman–Crippen MR) is 43.2 cm³/mol. The Labute approximate surface area is 67.2 Å². The van der Waals surface area contributed by atoms with Crippen molar-refractivity contribution >= 4 is 5.78 Å². The molecular weight excluding hydrogens is 140 g/mol. The lowest BCUT2D eigenvalue weighted by atomic mass is 10.1. The van der Waals surface area contributed by atoms with Crippen LogP contribution in [0.5, 0.6) is 0 Å². The van der Waals surface area contributed by atoms with Gasteiger partial charge < -0.3 is 4.74 Å². The van der Waals surface area contributed by atoms with E-state index in [9.17, 15) is 4.79 Å². The van der Waals surface area contributed by atoms with E-state index in [-0.39, 0.29) is 11.9 Å². The molecule has 0 aromatic carbocycles. The van der Waals surface area contributed by atoms with Crippen molar-refractivity contribution in [2.75, 3.05) is 0 Å². The Balaban J connectivity index is 2.61. The fourth-order valence-corrected chi connectivity index (χ4v) is 1.17. The van der Waals surface area contributed by atoms with E-state index < -0.39 is 0 Å². The summed E-state index contributed by atoms with van der Waals surface area (Å²) in [7, 11) is 0. The number of carbonyl (C=O) groups is 1. The van der Waals surface area contributed by atoms with Gasteiger partial charge in [0.05, 0.1) is 5.76 Å². The highest BCUT2D eigenvalue weighted by molar-refractivity contribution is 5.91. The summed E-state index contributed by atoms with van der Waals surface area (Å²) >= 11 is 0. The van der Waals surface area contributed by atoms with Crippen molar-refractivity contribution < 1.29 is 9.53 Å². The molecule has 0 aromatic heterocycles. The fourth-order valence-electron chi connectivity index (χ4n) is 1.17. The maximum atomic E-state index is 11.0. The standard InChI is InChI=1S/C9H14O2/c1-3-8-5-7(10)6-9(4-2)11-8/h5,9H,3-4,6H2,1-2H3. The van der Waals surface area contributed by atoms with E-state index >= 15 is 0 Å². The van der Waals surface area contributed by atoms with Gasteiger partial charge in [-0.1, -0.05) is 13.8 Å². The third kappa shape index (κ3) is 2.07. The second kappa shape index (κ2) is 3.56. The molecule has 62 valence electrons. The van der Waals surface area contributed by atoms with Crippen LogP contribution in [0.15, 0.2) is 11.8 Å². The van der Waals surface area contributed by atoms with E-state index in [0.29, 0.717) is 6.42 Å². The van der Waals surface area contributed by atoms with E-state index in [0.717, 1.165) is 18.6 Å². The monoisotopic (exact) mass is 154 g/mol. The molecule has 0 aromatic rings. The summed E-state index contributed by atoms with van der Waals surface area (Å²) in [5.74, 6) is 1.05. The van der Waals surface area contributed by atoms with Crippen LogP contribution in [-0.4, -0.2) is 11.9 Å². The molecule has 0 bridgehead atoms. The molecule has 1 atom stereocenters. The molecule has 2 heteroatoms. The van der Waals surface area contributed by atoms with Crippen LogP contribution in [0.4, 0.5) is 0 Å². The summed E-state index contributed by atoms with van der Waals surface area (Å²) in [5.41, 5.74) is 0. The molecule has 0 radical (unpaired) electrons. The summed E-state index contributed by atoms with van der Waals surface area (Å²) in [6.07, 6.45) is 4.04. The van der Waals surface area contributed by atoms with Gasteiger partial charge >= 0.3 is 0 Å². The van der Waals surface area contributed by atoms with Crippen LogP contribution in [0.1, 0.15) is 33.1 Å². The Morgan fingerprint density at radius 3 is 2.91 bits per heavy atom. The number of carbonyl (C=O) groups excluding carboxylic acids is 1. The molecule has 0 amide bonds. The molecule has 1 aliphatic heterocycles. The summed E-state index contributed by atoms with van der Waals surface area (Å²) in [4.78, 5) is 11.0. The zero-order valence-corrected chi connectivity index (χ0v) is 7.09. The molecule has 0 saturated heterocycles. The molecule has 0 aliphatic carbocycles. The first-order valence-corrected chi connectivity index (χ1v) is 4.16. The van der Waals surface area contributed by atoms with Crippen molar-refractivity contribution in [1.82, 2.24) is 0 Å². The number of hydrogen-bond acceptors (Lipinski definition) is 2. The maximum absolute atomic E-state index is 11.0. The fraction of sp³-hybridized carbons (Fsp3) is 0.667. The van der Waals surface area contributed by atoms with Crippen molar-refractivity contribution in [3.05, 3.63) is 11.8 Å². The van der Waals surface area contributed by atoms with Crippen molar-refractivity contribution in [2.45, 2.75) is 39.2 Å². The first kappa shape index (κ1) is 8.31. The summed E-state index contributed by atoms with van der Waals surface area (Å²) < 4.78 is 5.50. The van der Waals surface area contributed by atoms with Gasteiger partial charge in [-0.25, -0.2) is 0 Å². The van der Waals surface area contributed by atoms with Crippen molar-refractivity contribution in [1.29, 1.82) is 0 Å². The molecular formula is C9H14O2. The quantitative estimate of drug-likeness (QED) is 0.608. The van der Waals surface area contributed by atoms with Crippen LogP contribution in [0.25, 0.3) is 0 Å². The number of ketones is 1. The zero-order valence-electron chi connectivity index (χ0n) is 7.09. The van der Waals surface area contributed by atoms with Gasteiger partial charge in [0.25, 0.3) is 0 Å². The largest absolute Gasteiger partial charge is 0.494 e. The first-order valence-electron chi connectivity index (χ1n) is 4.16. The number of allylic oxidation sites excluding steroid dienone is 2. The molecule has 0 fully saturated rings. The summed E-state index contributed by atoms with van der Waals surface area (Å²) in [6.45, 7) is 4.04. The van der Waals surface area contributed by atoms with Crippen molar-refractivity contribution in [3.63, 3.8) is 0 Å². The molecule has 11 heavy (non-hydrogen) atoms. The highest BCUT2D eigenvalue weighted by atomic mass is 16.5. The van der Waals surface area contributed by atoms with Crippen LogP contribution >= 0.6 is 0 Å². The van der Waals surface area contributed by atoms with Crippen LogP contribution in [-0.2, 0) is 9.53 Å². The Kier molecular flexibility index (Phi) is 2.69. The smallest absolute Gasteiger partial charge is 0.162 e. The van der Waals surface area contributed by atoms with Gasteiger partial charge in [-0.3, -0.25) is 4.79 Å². The van der Waals surface area contributed by atoms with Crippen molar-refractivity contribution in [2.24, 2.45) is 0 Å². The Morgan fingerprint density at radius 1 is 1.64 bits per heavy atom. The lowest BCUT2D eigenvalue weighted by Crippen LogP contribution is -2.20. The van der Waals surface area contributed by atoms with Gasteiger partial charge in [0.2, 0.25) is 0 Å². The third-order valence-electron chi connectivity index (χ3n) is 1.87. The van der Waals surface area contributed by atoms with E-state index in [4.69, 9.17) is 4.74 Å². The van der Waals surface area contributed by atoms with Gasteiger partial charge in [-0.2, -0.15) is 0 Å². The molecule has 1 heterocycles. The highest BCUT2D eigenvalue weighted by Gasteiger charge is 2.18. The summed E-state index contributed by atoms with van der Waals surface area (Å²) in [6, 6.07) is 0. The zero-order chi connectivity index (χ0) is 8.27. The molecule has 0 spiro atoms. The molecule has 0 saturated carbocycles. The van der Waals surface area contributed by atoms with Crippen LogP contribution in [0, 0.1) is 0 Å². The minimum Gasteiger partial charge on any atom is -0.494 e. The van der Waals surface area contributed by atoms with E-state index in [1.165, 1.54) is 0 Å². The first-order chi connectivity index (χ1) is 5.26. The topological polar surface area (TPSA) is 26.3 Å². The molecule has 1 rings (SSSR count). The van der Waals surface area contributed by atoms with Gasteiger partial charge in [0.15, 0.2) is 5.78 Å². The molecule has 1 aliphatic rings. The van der Waals surface area contributed by atoms with Crippen LogP contribution in [0.2, 0.25) is 0 Å². The highest BCUT2D eigenvalue weighted by Crippen LogP contribution is 2.18. The minimum atomic E-state index is 0.127. The number of hydrogen-bond donors (Lipinski definition) is 0. The van der Waals surface area contributed by atoms with Crippen molar-refractivity contribution in [3.8, 4) is 0 Å². The number of rotatable bonds is 2. The van der Waals surface area contributed by atoms with Crippen LogP contribution in [0.3, 0.4) is 0 Å². The Morgan fingerprint density at radius 2 is 2.36 bits per heavy atom. The minimum absolute atomic E-state index is 0.127. The lowest BCUT2D eigenvalue weighted by molar-refractivity contribution is -0.118. The normalized spacial score (nSPS) is 24.4. The average molecular weight is 154 g/mol. The molecule has 2 nitrogen and oxygen atoms in total. The Hall–Kier alpha value is -0.790.